The van der Waals surface area contributed by atoms with Crippen LogP contribution in [0.5, 0.6) is 5.75 Å². The van der Waals surface area contributed by atoms with Gasteiger partial charge in [0.25, 0.3) is 0 Å². The summed E-state index contributed by atoms with van der Waals surface area (Å²) in [5, 5.41) is 10.9. The number of hydrogen-bond acceptors (Lipinski definition) is 4. The lowest BCUT2D eigenvalue weighted by atomic mass is 10.3. The highest BCUT2D eigenvalue weighted by atomic mass is 16.5. The molecule has 1 aromatic carbocycles. The lowest BCUT2D eigenvalue weighted by Crippen LogP contribution is -2.22. The Morgan fingerprint density at radius 3 is 2.73 bits per heavy atom. The third-order valence-corrected chi connectivity index (χ3v) is 2.93. The van der Waals surface area contributed by atoms with Crippen molar-refractivity contribution in [2.24, 2.45) is 10.7 Å². The van der Waals surface area contributed by atoms with E-state index >= 15 is 0 Å². The van der Waals surface area contributed by atoms with E-state index in [0.717, 1.165) is 23.8 Å². The van der Waals surface area contributed by atoms with Crippen molar-refractivity contribution in [3.8, 4) is 5.75 Å². The molecule has 2 rings (SSSR count). The molecule has 1 aromatic heterocycles. The smallest absolute Gasteiger partial charge is 0.193 e. The molecule has 0 unspecified atom stereocenters. The molecular formula is C15H22N6O. The summed E-state index contributed by atoms with van der Waals surface area (Å²) in [5.74, 6) is 1.95. The highest BCUT2D eigenvalue weighted by Crippen LogP contribution is 2.16. The van der Waals surface area contributed by atoms with Gasteiger partial charge in [-0.15, -0.1) is 10.2 Å². The first-order valence-corrected chi connectivity index (χ1v) is 7.28. The number of anilines is 1. The van der Waals surface area contributed by atoms with Gasteiger partial charge >= 0.3 is 0 Å². The summed E-state index contributed by atoms with van der Waals surface area (Å²) < 4.78 is 7.51. The van der Waals surface area contributed by atoms with E-state index < -0.39 is 0 Å². The molecule has 0 aliphatic carbocycles. The van der Waals surface area contributed by atoms with E-state index in [1.54, 1.807) is 6.33 Å². The topological polar surface area (TPSA) is 90.4 Å². The molecule has 0 saturated heterocycles. The minimum atomic E-state index is 0.154. The maximum absolute atomic E-state index is 5.88. The predicted molar refractivity (Wildman–Crippen MR) is 86.9 cm³/mol. The highest BCUT2D eigenvalue weighted by Gasteiger charge is 2.02. The zero-order valence-electron chi connectivity index (χ0n) is 13.2. The van der Waals surface area contributed by atoms with E-state index in [9.17, 15) is 0 Å². The second-order valence-electron chi connectivity index (χ2n) is 5.05. The Kier molecular flexibility index (Phi) is 5.35. The van der Waals surface area contributed by atoms with Crippen molar-refractivity contribution in [1.29, 1.82) is 0 Å². The number of nitrogens with two attached hydrogens (primary N) is 1. The van der Waals surface area contributed by atoms with E-state index in [-0.39, 0.29) is 6.10 Å². The van der Waals surface area contributed by atoms with Crippen molar-refractivity contribution in [2.75, 3.05) is 5.32 Å². The molecule has 0 spiro atoms. The summed E-state index contributed by atoms with van der Waals surface area (Å²) in [6, 6.07) is 7.58. The van der Waals surface area contributed by atoms with Gasteiger partial charge in [0.2, 0.25) is 0 Å². The van der Waals surface area contributed by atoms with Gasteiger partial charge in [0.1, 0.15) is 18.6 Å². The Labute approximate surface area is 130 Å². The van der Waals surface area contributed by atoms with Gasteiger partial charge in [-0.25, -0.2) is 4.99 Å². The van der Waals surface area contributed by atoms with Crippen LogP contribution in [0.15, 0.2) is 35.6 Å². The summed E-state index contributed by atoms with van der Waals surface area (Å²) in [6.45, 7) is 7.21. The molecule has 0 bridgehead atoms. The van der Waals surface area contributed by atoms with E-state index in [1.807, 2.05) is 49.6 Å². The van der Waals surface area contributed by atoms with Crippen LogP contribution < -0.4 is 15.8 Å². The van der Waals surface area contributed by atoms with Gasteiger partial charge in [-0.2, -0.15) is 0 Å². The van der Waals surface area contributed by atoms with E-state index in [2.05, 4.69) is 20.5 Å². The largest absolute Gasteiger partial charge is 0.491 e. The van der Waals surface area contributed by atoms with Crippen molar-refractivity contribution in [2.45, 2.75) is 40.0 Å². The zero-order valence-corrected chi connectivity index (χ0v) is 13.2. The van der Waals surface area contributed by atoms with Crippen LogP contribution >= 0.6 is 0 Å². The average molecular weight is 302 g/mol. The number of aromatic nitrogens is 3. The van der Waals surface area contributed by atoms with Crippen LogP contribution in [0.25, 0.3) is 0 Å². The molecule has 2 aromatic rings. The van der Waals surface area contributed by atoms with Crippen LogP contribution in [0.2, 0.25) is 0 Å². The summed E-state index contributed by atoms with van der Waals surface area (Å²) in [7, 11) is 0. The van der Waals surface area contributed by atoms with Crippen LogP contribution in [-0.4, -0.2) is 26.8 Å². The number of nitrogens with zero attached hydrogens (tertiary/aromatic N) is 4. The quantitative estimate of drug-likeness (QED) is 0.629. The Bertz CT molecular complexity index is 617. The van der Waals surface area contributed by atoms with Crippen molar-refractivity contribution in [1.82, 2.24) is 14.8 Å². The number of benzene rings is 1. The second kappa shape index (κ2) is 7.44. The molecule has 22 heavy (non-hydrogen) atoms. The lowest BCUT2D eigenvalue weighted by Gasteiger charge is -2.11. The maximum Gasteiger partial charge on any atom is 0.193 e. The minimum Gasteiger partial charge on any atom is -0.491 e. The SMILES string of the molecule is CCn1cnnc1CN=C(N)Nc1ccc(OC(C)C)cc1. The van der Waals surface area contributed by atoms with E-state index in [0.29, 0.717) is 12.5 Å². The van der Waals surface area contributed by atoms with Crippen molar-refractivity contribution in [3.05, 3.63) is 36.4 Å². The van der Waals surface area contributed by atoms with Crippen LogP contribution in [0, 0.1) is 0 Å². The number of aryl methyl sites for hydroxylation is 1. The third-order valence-electron chi connectivity index (χ3n) is 2.93. The number of aliphatic imine (C=N–C) groups is 1. The summed E-state index contributed by atoms with van der Waals surface area (Å²) in [4.78, 5) is 4.27. The average Bonchev–Trinajstić information content (AvgIpc) is 2.94. The van der Waals surface area contributed by atoms with Gasteiger partial charge in [-0.05, 0) is 45.0 Å². The zero-order chi connectivity index (χ0) is 15.9. The number of ether oxygens (including phenoxy) is 1. The Balaban J connectivity index is 1.93. The van der Waals surface area contributed by atoms with Gasteiger partial charge in [-0.3, -0.25) is 0 Å². The first-order valence-electron chi connectivity index (χ1n) is 7.28. The Morgan fingerprint density at radius 1 is 1.36 bits per heavy atom. The van der Waals surface area contributed by atoms with Crippen molar-refractivity contribution in [3.63, 3.8) is 0 Å². The molecule has 118 valence electrons. The van der Waals surface area contributed by atoms with Crippen LogP contribution in [-0.2, 0) is 13.1 Å². The lowest BCUT2D eigenvalue weighted by molar-refractivity contribution is 0.242. The van der Waals surface area contributed by atoms with Gasteiger partial charge in [0, 0.05) is 12.2 Å². The fraction of sp³-hybridized carbons (Fsp3) is 0.400. The molecule has 7 nitrogen and oxygen atoms in total. The van der Waals surface area contributed by atoms with Crippen LogP contribution in [0.1, 0.15) is 26.6 Å². The Hall–Kier alpha value is -2.57. The monoisotopic (exact) mass is 302 g/mol. The maximum atomic E-state index is 5.88. The molecule has 1 heterocycles. The summed E-state index contributed by atoms with van der Waals surface area (Å²) >= 11 is 0. The van der Waals surface area contributed by atoms with Crippen LogP contribution in [0.3, 0.4) is 0 Å². The molecule has 0 radical (unpaired) electrons. The fourth-order valence-electron chi connectivity index (χ4n) is 1.90. The van der Waals surface area contributed by atoms with Gasteiger partial charge in [0.05, 0.1) is 6.10 Å². The van der Waals surface area contributed by atoms with Crippen molar-refractivity contribution >= 4 is 11.6 Å². The molecule has 0 aliphatic rings. The molecular weight excluding hydrogens is 280 g/mol. The van der Waals surface area contributed by atoms with Gasteiger partial charge in [-0.1, -0.05) is 0 Å². The minimum absolute atomic E-state index is 0.154. The highest BCUT2D eigenvalue weighted by molar-refractivity contribution is 5.92. The molecule has 3 N–H and O–H groups in total. The first-order chi connectivity index (χ1) is 10.6. The molecule has 0 aliphatic heterocycles. The number of hydrogen-bond donors (Lipinski definition) is 2. The number of guanidine groups is 1. The number of nitrogens with one attached hydrogen (secondary N) is 1. The van der Waals surface area contributed by atoms with Crippen LogP contribution in [0.4, 0.5) is 5.69 Å². The molecule has 0 saturated carbocycles. The number of rotatable bonds is 6. The molecule has 0 amide bonds. The molecule has 0 fully saturated rings. The molecule has 7 heteroatoms. The fourth-order valence-corrected chi connectivity index (χ4v) is 1.90. The molecule has 0 atom stereocenters. The van der Waals surface area contributed by atoms with E-state index in [4.69, 9.17) is 10.5 Å². The third kappa shape index (κ3) is 4.47. The summed E-state index contributed by atoms with van der Waals surface area (Å²) in [5.41, 5.74) is 6.74. The summed E-state index contributed by atoms with van der Waals surface area (Å²) in [6.07, 6.45) is 1.84. The first kappa shape index (κ1) is 15.8. The van der Waals surface area contributed by atoms with E-state index in [1.165, 1.54) is 0 Å². The predicted octanol–water partition coefficient (Wildman–Crippen LogP) is 2.01. The standard InChI is InChI=1S/C15H22N6O/c1-4-21-10-18-20-14(21)9-17-15(16)19-12-5-7-13(8-6-12)22-11(2)3/h5-8,10-11H,4,9H2,1-3H3,(H3,16,17,19). The second-order valence-corrected chi connectivity index (χ2v) is 5.05. The van der Waals surface area contributed by atoms with Gasteiger partial charge < -0.3 is 20.4 Å². The Morgan fingerprint density at radius 2 is 2.09 bits per heavy atom. The van der Waals surface area contributed by atoms with Crippen molar-refractivity contribution < 1.29 is 4.74 Å². The normalized spacial score (nSPS) is 11.7. The van der Waals surface area contributed by atoms with Gasteiger partial charge in [0.15, 0.2) is 11.8 Å².